The number of rotatable bonds is 7. The maximum absolute atomic E-state index is 12.8. The minimum Gasteiger partial charge on any atom is -0.455 e. The number of carbonyl (C=O) groups is 2. The van der Waals surface area contributed by atoms with E-state index < -0.39 is 22.8 Å². The molecule has 0 aliphatic heterocycles. The van der Waals surface area contributed by atoms with Crippen molar-refractivity contribution < 1.29 is 23.8 Å². The first-order valence-electron chi connectivity index (χ1n) is 10.6. The molecule has 156 valence electrons. The zero-order valence-corrected chi connectivity index (χ0v) is 18.1. The van der Waals surface area contributed by atoms with Crippen LogP contribution in [0.4, 0.5) is 4.79 Å². The molecular weight excluding hydrogens is 344 g/mol. The summed E-state index contributed by atoms with van der Waals surface area (Å²) in [5.41, 5.74) is -1.81. The van der Waals surface area contributed by atoms with E-state index in [0.717, 1.165) is 12.8 Å². The van der Waals surface area contributed by atoms with Gasteiger partial charge in [-0.25, -0.2) is 4.79 Å². The second kappa shape index (κ2) is 8.40. The van der Waals surface area contributed by atoms with Crippen molar-refractivity contribution in [3.8, 4) is 0 Å². The minimum atomic E-state index is -0.715. The number of ether oxygens (including phenoxy) is 3. The second-order valence-corrected chi connectivity index (χ2v) is 9.87. The standard InChI is InChI=1S/C22H38O5/c1-7-20(3,4)18(23)26-22(13-16-10-9-11-17(12-16)14-22)15-25-19(24)27-21(5,6)8-2/h16-17H,7-15H2,1-6H3. The summed E-state index contributed by atoms with van der Waals surface area (Å²) in [4.78, 5) is 25.0. The fourth-order valence-corrected chi connectivity index (χ4v) is 4.14. The van der Waals surface area contributed by atoms with E-state index in [2.05, 4.69) is 0 Å². The van der Waals surface area contributed by atoms with Gasteiger partial charge in [-0.1, -0.05) is 33.1 Å². The maximum Gasteiger partial charge on any atom is 0.508 e. The molecule has 0 saturated heterocycles. The highest BCUT2D eigenvalue weighted by atomic mass is 16.7. The number of esters is 1. The number of hydrogen-bond donors (Lipinski definition) is 0. The van der Waals surface area contributed by atoms with E-state index in [1.165, 1.54) is 25.7 Å². The molecule has 0 N–H and O–H groups in total. The van der Waals surface area contributed by atoms with Crippen molar-refractivity contribution in [2.45, 2.75) is 104 Å². The molecule has 0 aromatic rings. The van der Waals surface area contributed by atoms with Crippen molar-refractivity contribution in [2.75, 3.05) is 6.61 Å². The molecule has 2 fully saturated rings. The maximum atomic E-state index is 12.8. The van der Waals surface area contributed by atoms with Crippen LogP contribution in [0, 0.1) is 17.3 Å². The second-order valence-electron chi connectivity index (χ2n) is 9.87. The van der Waals surface area contributed by atoms with Crippen LogP contribution in [0.3, 0.4) is 0 Å². The largest absolute Gasteiger partial charge is 0.508 e. The Kier molecular flexibility index (Phi) is 6.86. The van der Waals surface area contributed by atoms with Gasteiger partial charge in [0.2, 0.25) is 0 Å². The van der Waals surface area contributed by atoms with Crippen LogP contribution in [-0.2, 0) is 19.0 Å². The molecule has 2 rings (SSSR count). The zero-order chi connectivity index (χ0) is 20.3. The fraction of sp³-hybridized carbons (Fsp3) is 0.909. The Morgan fingerprint density at radius 2 is 1.59 bits per heavy atom. The summed E-state index contributed by atoms with van der Waals surface area (Å²) < 4.78 is 17.0. The van der Waals surface area contributed by atoms with Gasteiger partial charge in [0.05, 0.1) is 5.41 Å². The summed E-state index contributed by atoms with van der Waals surface area (Å²) in [5.74, 6) is 0.888. The van der Waals surface area contributed by atoms with Gasteiger partial charge in [-0.05, 0) is 71.6 Å². The first-order valence-corrected chi connectivity index (χ1v) is 10.6. The lowest BCUT2D eigenvalue weighted by Crippen LogP contribution is -2.50. The van der Waals surface area contributed by atoms with E-state index in [0.29, 0.717) is 24.7 Å². The molecule has 0 radical (unpaired) electrons. The van der Waals surface area contributed by atoms with Crippen LogP contribution in [0.15, 0.2) is 0 Å². The van der Waals surface area contributed by atoms with Crippen LogP contribution in [0.5, 0.6) is 0 Å². The van der Waals surface area contributed by atoms with E-state index in [9.17, 15) is 9.59 Å². The molecule has 2 aliphatic rings. The van der Waals surface area contributed by atoms with E-state index in [1.807, 2.05) is 41.5 Å². The molecule has 0 spiro atoms. The molecule has 5 heteroatoms. The summed E-state index contributed by atoms with van der Waals surface area (Å²) >= 11 is 0. The van der Waals surface area contributed by atoms with E-state index in [4.69, 9.17) is 14.2 Å². The smallest absolute Gasteiger partial charge is 0.455 e. The molecule has 0 aromatic carbocycles. The van der Waals surface area contributed by atoms with Gasteiger partial charge in [-0.3, -0.25) is 4.79 Å². The van der Waals surface area contributed by atoms with Crippen LogP contribution in [0.2, 0.25) is 0 Å². The molecule has 0 heterocycles. The third-order valence-electron chi connectivity index (χ3n) is 6.62. The Labute approximate surface area is 164 Å². The van der Waals surface area contributed by atoms with E-state index in [1.54, 1.807) is 0 Å². The van der Waals surface area contributed by atoms with Crippen molar-refractivity contribution in [3.63, 3.8) is 0 Å². The van der Waals surface area contributed by atoms with Crippen molar-refractivity contribution in [1.82, 2.24) is 0 Å². The predicted molar refractivity (Wildman–Crippen MR) is 104 cm³/mol. The predicted octanol–water partition coefficient (Wildman–Crippen LogP) is 5.65. The monoisotopic (exact) mass is 382 g/mol. The third kappa shape index (κ3) is 5.86. The molecule has 2 atom stereocenters. The van der Waals surface area contributed by atoms with Gasteiger partial charge in [0.15, 0.2) is 0 Å². The zero-order valence-electron chi connectivity index (χ0n) is 18.1. The van der Waals surface area contributed by atoms with Crippen molar-refractivity contribution >= 4 is 12.1 Å². The summed E-state index contributed by atoms with van der Waals surface area (Å²) in [6.07, 6.45) is 7.07. The lowest BCUT2D eigenvalue weighted by molar-refractivity contribution is -0.188. The normalized spacial score (nSPS) is 28.4. The van der Waals surface area contributed by atoms with Crippen LogP contribution in [0.1, 0.15) is 92.9 Å². The first-order chi connectivity index (χ1) is 12.5. The molecule has 0 amide bonds. The summed E-state index contributed by atoms with van der Waals surface area (Å²) in [6.45, 7) is 11.6. The van der Waals surface area contributed by atoms with Gasteiger partial charge in [-0.15, -0.1) is 0 Å². The Bertz CT molecular complexity index is 525. The van der Waals surface area contributed by atoms with Crippen LogP contribution in [-0.4, -0.2) is 29.9 Å². The molecule has 27 heavy (non-hydrogen) atoms. The SMILES string of the molecule is CCC(C)(C)OC(=O)OCC1(OC(=O)C(C)(C)CC)CC2CCCC(C2)C1. The molecule has 2 bridgehead atoms. The number of carbonyl (C=O) groups excluding carboxylic acids is 2. The summed E-state index contributed by atoms with van der Waals surface area (Å²) in [6, 6.07) is 0. The summed E-state index contributed by atoms with van der Waals surface area (Å²) in [7, 11) is 0. The highest BCUT2D eigenvalue weighted by Crippen LogP contribution is 2.47. The number of fused-ring (bicyclic) bond motifs is 2. The quantitative estimate of drug-likeness (QED) is 0.533. The van der Waals surface area contributed by atoms with E-state index in [-0.39, 0.29) is 12.6 Å². The van der Waals surface area contributed by atoms with Gasteiger partial charge >= 0.3 is 12.1 Å². The fourth-order valence-electron chi connectivity index (χ4n) is 4.14. The van der Waals surface area contributed by atoms with Gasteiger partial charge in [0.1, 0.15) is 17.8 Å². The van der Waals surface area contributed by atoms with Crippen LogP contribution >= 0.6 is 0 Å². The Hall–Kier alpha value is -1.26. The van der Waals surface area contributed by atoms with Crippen molar-refractivity contribution in [3.05, 3.63) is 0 Å². The molecule has 2 saturated carbocycles. The Balaban J connectivity index is 2.10. The first kappa shape index (κ1) is 22.0. The topological polar surface area (TPSA) is 61.8 Å². The van der Waals surface area contributed by atoms with Crippen LogP contribution in [0.25, 0.3) is 0 Å². The average Bonchev–Trinajstić information content (AvgIpc) is 2.59. The average molecular weight is 383 g/mol. The van der Waals surface area contributed by atoms with Gasteiger partial charge in [0.25, 0.3) is 0 Å². The molecule has 5 nitrogen and oxygen atoms in total. The highest BCUT2D eigenvalue weighted by Gasteiger charge is 2.47. The lowest BCUT2D eigenvalue weighted by atomic mass is 9.66. The molecule has 2 aliphatic carbocycles. The molecule has 2 unspecified atom stereocenters. The third-order valence-corrected chi connectivity index (χ3v) is 6.62. The Morgan fingerprint density at radius 3 is 2.11 bits per heavy atom. The van der Waals surface area contributed by atoms with Crippen LogP contribution < -0.4 is 0 Å². The van der Waals surface area contributed by atoms with Gasteiger partial charge in [-0.2, -0.15) is 0 Å². The van der Waals surface area contributed by atoms with Crippen molar-refractivity contribution in [1.29, 1.82) is 0 Å². The van der Waals surface area contributed by atoms with Gasteiger partial charge < -0.3 is 14.2 Å². The summed E-state index contributed by atoms with van der Waals surface area (Å²) in [5, 5.41) is 0. The number of hydrogen-bond acceptors (Lipinski definition) is 5. The molecule has 0 aromatic heterocycles. The lowest BCUT2D eigenvalue weighted by Gasteiger charge is -2.46. The molecular formula is C22H38O5. The van der Waals surface area contributed by atoms with Gasteiger partial charge in [0, 0.05) is 0 Å². The Morgan fingerprint density at radius 1 is 1.00 bits per heavy atom. The van der Waals surface area contributed by atoms with Crippen molar-refractivity contribution in [2.24, 2.45) is 17.3 Å². The highest BCUT2D eigenvalue weighted by molar-refractivity contribution is 5.76. The minimum absolute atomic E-state index is 0.0875. The van der Waals surface area contributed by atoms with E-state index >= 15 is 0 Å².